The minimum absolute atomic E-state index is 0.0835. The summed E-state index contributed by atoms with van der Waals surface area (Å²) < 4.78 is 0. The zero-order valence-corrected chi connectivity index (χ0v) is 18.1. The van der Waals surface area contributed by atoms with Gasteiger partial charge in [0.15, 0.2) is 0 Å². The molecule has 0 bridgehead atoms. The third-order valence-corrected chi connectivity index (χ3v) is 6.37. The van der Waals surface area contributed by atoms with E-state index in [0.29, 0.717) is 22.3 Å². The van der Waals surface area contributed by atoms with Crippen LogP contribution in [0.15, 0.2) is 42.5 Å². The van der Waals surface area contributed by atoms with Crippen LogP contribution in [0.2, 0.25) is 10.0 Å². The number of rotatable bonds is 4. The second-order valence-corrected chi connectivity index (χ2v) is 8.69. The molecule has 8 nitrogen and oxygen atoms in total. The Morgan fingerprint density at radius 2 is 1.77 bits per heavy atom. The number of likely N-dealkylation sites (tertiary alicyclic amines) is 1. The Morgan fingerprint density at radius 1 is 1.16 bits per heavy atom. The molecule has 3 amide bonds. The molecule has 31 heavy (non-hydrogen) atoms. The smallest absolute Gasteiger partial charge is 0.332 e. The largest absolute Gasteiger partial charge is 0.480 e. The topological polar surface area (TPSA) is 107 Å². The number of hydrogen-bond acceptors (Lipinski definition) is 5. The first-order valence-electron chi connectivity index (χ1n) is 9.51. The molecule has 3 N–H and O–H groups in total. The zero-order chi connectivity index (χ0) is 22.5. The van der Waals surface area contributed by atoms with Gasteiger partial charge in [-0.3, -0.25) is 14.5 Å². The number of nitrogen functional groups attached to an aromatic ring is 1. The van der Waals surface area contributed by atoms with Crippen molar-refractivity contribution in [3.8, 4) is 0 Å². The fraction of sp³-hybridized carbons (Fsp3) is 0.286. The van der Waals surface area contributed by atoms with Gasteiger partial charge in [-0.05, 0) is 35.9 Å². The van der Waals surface area contributed by atoms with Crippen molar-refractivity contribution in [3.05, 3.63) is 58.1 Å². The molecule has 4 rings (SSSR count). The number of aliphatic carboxylic acids is 1. The zero-order valence-electron chi connectivity index (χ0n) is 16.6. The SMILES string of the molecule is CN1C(=O)N(c2cc(Cl)cc(Cl)c2)C(=O)[C@]12CN(CC(=O)O)C[C@H]2c1ccc(N)cc1. The van der Waals surface area contributed by atoms with E-state index in [-0.39, 0.29) is 18.8 Å². The van der Waals surface area contributed by atoms with Crippen molar-refractivity contribution >= 4 is 52.5 Å². The van der Waals surface area contributed by atoms with Crippen LogP contribution in [0.4, 0.5) is 16.2 Å². The van der Waals surface area contributed by atoms with Crippen molar-refractivity contribution in [3.63, 3.8) is 0 Å². The molecule has 2 aromatic carbocycles. The molecule has 2 aliphatic heterocycles. The highest BCUT2D eigenvalue weighted by molar-refractivity contribution is 6.35. The summed E-state index contributed by atoms with van der Waals surface area (Å²) >= 11 is 12.2. The van der Waals surface area contributed by atoms with Crippen molar-refractivity contribution in [2.75, 3.05) is 37.3 Å². The summed E-state index contributed by atoms with van der Waals surface area (Å²) in [6.45, 7) is 0.134. The Bertz CT molecular complexity index is 1060. The van der Waals surface area contributed by atoms with Gasteiger partial charge in [0.1, 0.15) is 5.54 Å². The van der Waals surface area contributed by atoms with Gasteiger partial charge in [-0.25, -0.2) is 9.69 Å². The van der Waals surface area contributed by atoms with Gasteiger partial charge >= 0.3 is 12.0 Å². The number of anilines is 2. The fourth-order valence-electron chi connectivity index (χ4n) is 4.54. The Labute approximate surface area is 188 Å². The van der Waals surface area contributed by atoms with Gasteiger partial charge in [-0.15, -0.1) is 0 Å². The first-order chi connectivity index (χ1) is 14.6. The quantitative estimate of drug-likeness (QED) is 0.534. The van der Waals surface area contributed by atoms with E-state index in [0.717, 1.165) is 10.5 Å². The van der Waals surface area contributed by atoms with Crippen LogP contribution in [0.25, 0.3) is 0 Å². The van der Waals surface area contributed by atoms with Crippen LogP contribution in [0.1, 0.15) is 11.5 Å². The molecule has 2 heterocycles. The molecular weight excluding hydrogens is 443 g/mol. The highest BCUT2D eigenvalue weighted by atomic mass is 35.5. The molecule has 2 atom stereocenters. The Balaban J connectivity index is 1.82. The highest BCUT2D eigenvalue weighted by Crippen LogP contribution is 2.46. The summed E-state index contributed by atoms with van der Waals surface area (Å²) in [5.41, 5.74) is 6.16. The van der Waals surface area contributed by atoms with Crippen LogP contribution in [-0.4, -0.2) is 65.0 Å². The molecule has 0 aromatic heterocycles. The second-order valence-electron chi connectivity index (χ2n) is 7.82. The number of nitrogens with zero attached hydrogens (tertiary/aromatic N) is 3. The first kappa shape index (κ1) is 21.4. The van der Waals surface area contributed by atoms with Crippen LogP contribution in [0, 0.1) is 0 Å². The minimum Gasteiger partial charge on any atom is -0.480 e. The molecular formula is C21H20Cl2N4O4. The summed E-state index contributed by atoms with van der Waals surface area (Å²) in [5, 5.41) is 9.89. The molecule has 10 heteroatoms. The number of amides is 3. The van der Waals surface area contributed by atoms with E-state index in [1.165, 1.54) is 23.1 Å². The molecule has 0 radical (unpaired) electrons. The Hall–Kier alpha value is -2.81. The van der Waals surface area contributed by atoms with E-state index in [1.54, 1.807) is 36.2 Å². The lowest BCUT2D eigenvalue weighted by Crippen LogP contribution is -2.53. The van der Waals surface area contributed by atoms with Crippen molar-refractivity contribution in [2.45, 2.75) is 11.5 Å². The van der Waals surface area contributed by atoms with Gasteiger partial charge in [-0.2, -0.15) is 0 Å². The molecule has 1 spiro atoms. The lowest BCUT2D eigenvalue weighted by molar-refractivity contribution is -0.138. The summed E-state index contributed by atoms with van der Waals surface area (Å²) in [5.74, 6) is -1.91. The van der Waals surface area contributed by atoms with Crippen molar-refractivity contribution in [2.24, 2.45) is 0 Å². The van der Waals surface area contributed by atoms with E-state index in [1.807, 2.05) is 0 Å². The Kier molecular flexibility index (Phi) is 5.33. The average Bonchev–Trinajstić information content (AvgIpc) is 3.14. The maximum atomic E-state index is 13.8. The highest BCUT2D eigenvalue weighted by Gasteiger charge is 2.64. The van der Waals surface area contributed by atoms with Gasteiger partial charge in [0, 0.05) is 41.8 Å². The van der Waals surface area contributed by atoms with Crippen molar-refractivity contribution in [1.29, 1.82) is 0 Å². The van der Waals surface area contributed by atoms with Gasteiger partial charge in [0.2, 0.25) is 0 Å². The summed E-state index contributed by atoms with van der Waals surface area (Å²) in [7, 11) is 1.56. The standard InChI is InChI=1S/C21H20Cl2N4O4/c1-25-20(31)27(16-7-13(22)6-14(23)8-16)19(30)21(25)11-26(10-18(28)29)9-17(21)12-2-4-15(24)5-3-12/h2-8,17H,9-11,24H2,1H3,(H,28,29)/t17-,21+/m0/s1. The fourth-order valence-corrected chi connectivity index (χ4v) is 5.06. The molecule has 0 saturated carbocycles. The predicted molar refractivity (Wildman–Crippen MR) is 118 cm³/mol. The number of nitrogens with two attached hydrogens (primary N) is 1. The third kappa shape index (κ3) is 3.50. The first-order valence-corrected chi connectivity index (χ1v) is 10.3. The second kappa shape index (κ2) is 7.71. The maximum Gasteiger partial charge on any atom is 0.332 e. The van der Waals surface area contributed by atoms with E-state index in [4.69, 9.17) is 28.9 Å². The number of carbonyl (C=O) groups excluding carboxylic acids is 2. The maximum absolute atomic E-state index is 13.8. The number of benzene rings is 2. The van der Waals surface area contributed by atoms with Gasteiger partial charge in [0.05, 0.1) is 12.2 Å². The van der Waals surface area contributed by atoms with Crippen LogP contribution < -0.4 is 10.6 Å². The molecule has 0 aliphatic carbocycles. The third-order valence-electron chi connectivity index (χ3n) is 5.94. The van der Waals surface area contributed by atoms with E-state index in [9.17, 15) is 19.5 Å². The van der Waals surface area contributed by atoms with Crippen molar-refractivity contribution in [1.82, 2.24) is 9.80 Å². The lowest BCUT2D eigenvalue weighted by atomic mass is 9.80. The van der Waals surface area contributed by atoms with Gasteiger partial charge in [-0.1, -0.05) is 35.3 Å². The molecule has 2 aliphatic rings. The average molecular weight is 463 g/mol. The molecule has 162 valence electrons. The molecule has 2 aromatic rings. The van der Waals surface area contributed by atoms with Crippen LogP contribution in [0.5, 0.6) is 0 Å². The number of carboxylic acid groups (broad SMARTS) is 1. The summed E-state index contributed by atoms with van der Waals surface area (Å²) in [6, 6.07) is 11.0. The van der Waals surface area contributed by atoms with E-state index in [2.05, 4.69) is 0 Å². The molecule has 2 fully saturated rings. The van der Waals surface area contributed by atoms with E-state index < -0.39 is 29.4 Å². The minimum atomic E-state index is -1.28. The van der Waals surface area contributed by atoms with E-state index >= 15 is 0 Å². The van der Waals surface area contributed by atoms with Gasteiger partial charge < -0.3 is 15.7 Å². The van der Waals surface area contributed by atoms with Crippen LogP contribution >= 0.6 is 23.2 Å². The monoisotopic (exact) mass is 462 g/mol. The predicted octanol–water partition coefficient (Wildman–Crippen LogP) is 2.90. The Morgan fingerprint density at radius 3 is 2.35 bits per heavy atom. The van der Waals surface area contributed by atoms with Gasteiger partial charge in [0.25, 0.3) is 5.91 Å². The van der Waals surface area contributed by atoms with Crippen LogP contribution in [-0.2, 0) is 9.59 Å². The number of carbonyl (C=O) groups is 3. The number of imide groups is 1. The molecule has 2 saturated heterocycles. The number of halogens is 2. The number of urea groups is 1. The normalized spacial score (nSPS) is 23.9. The number of carboxylic acids is 1. The number of likely N-dealkylation sites (N-methyl/N-ethyl adjacent to an activating group) is 1. The summed E-state index contributed by atoms with van der Waals surface area (Å²) in [4.78, 5) is 42.6. The molecule has 0 unspecified atom stereocenters. The summed E-state index contributed by atoms with van der Waals surface area (Å²) in [6.07, 6.45) is 0. The van der Waals surface area contributed by atoms with Crippen LogP contribution in [0.3, 0.4) is 0 Å². The lowest BCUT2D eigenvalue weighted by Gasteiger charge is -2.34. The van der Waals surface area contributed by atoms with Crippen molar-refractivity contribution < 1.29 is 19.5 Å². The number of hydrogen-bond donors (Lipinski definition) is 2.